The molecule has 14 heavy (non-hydrogen) atoms. The third kappa shape index (κ3) is 3.11. The highest BCUT2D eigenvalue weighted by molar-refractivity contribution is 5.18. The summed E-state index contributed by atoms with van der Waals surface area (Å²) in [5.41, 5.74) is 8.10. The maximum Gasteiger partial charge on any atom is 0.0372 e. The Morgan fingerprint density at radius 1 is 1.36 bits per heavy atom. The second kappa shape index (κ2) is 5.11. The number of hydrogen-bond acceptors (Lipinski definition) is 2. The highest BCUT2D eigenvalue weighted by Gasteiger charge is 2.11. The van der Waals surface area contributed by atoms with Crippen molar-refractivity contribution in [1.82, 2.24) is 4.98 Å². The van der Waals surface area contributed by atoms with Gasteiger partial charge in [-0.05, 0) is 43.4 Å². The van der Waals surface area contributed by atoms with Crippen molar-refractivity contribution in [2.45, 2.75) is 33.1 Å². The summed E-state index contributed by atoms with van der Waals surface area (Å²) in [4.78, 5) is 4.30. The first-order valence-corrected chi connectivity index (χ1v) is 5.26. The fraction of sp³-hybridized carbons (Fsp3) is 0.583. The Bertz CT molecular complexity index is 264. The average Bonchev–Trinajstić information content (AvgIpc) is 2.15. The lowest BCUT2D eigenvalue weighted by Crippen LogP contribution is -2.14. The molecule has 2 nitrogen and oxygen atoms in total. The van der Waals surface area contributed by atoms with Gasteiger partial charge in [-0.25, -0.2) is 0 Å². The summed E-state index contributed by atoms with van der Waals surface area (Å²) in [6.07, 6.45) is 3.09. The van der Waals surface area contributed by atoms with Gasteiger partial charge in [-0.2, -0.15) is 0 Å². The molecule has 0 radical (unpaired) electrons. The Balaban J connectivity index is 2.73. The van der Waals surface area contributed by atoms with Crippen LogP contribution in [0.3, 0.4) is 0 Å². The van der Waals surface area contributed by atoms with Crippen molar-refractivity contribution in [1.29, 1.82) is 0 Å². The number of pyridine rings is 1. The van der Waals surface area contributed by atoms with Crippen LogP contribution in [0.15, 0.2) is 18.3 Å². The van der Waals surface area contributed by atoms with Crippen molar-refractivity contribution in [3.8, 4) is 0 Å². The van der Waals surface area contributed by atoms with Gasteiger partial charge in [0.2, 0.25) is 0 Å². The molecule has 0 aromatic carbocycles. The fourth-order valence-electron chi connectivity index (χ4n) is 1.66. The van der Waals surface area contributed by atoms with Gasteiger partial charge in [0.05, 0.1) is 0 Å². The molecule has 2 N–H and O–H groups in total. The minimum Gasteiger partial charge on any atom is -0.330 e. The van der Waals surface area contributed by atoms with Crippen molar-refractivity contribution in [3.63, 3.8) is 0 Å². The van der Waals surface area contributed by atoms with Gasteiger partial charge < -0.3 is 5.73 Å². The average molecular weight is 192 g/mol. The zero-order valence-electron chi connectivity index (χ0n) is 9.33. The number of aromatic nitrogens is 1. The standard InChI is InChI=1S/C12H20N2/c1-9(2)6-12(7-13)11-5-4-10(3)14-8-11/h4-5,8-9,12H,6-7,13H2,1-3H3/t12-/m1/s1. The number of hydrogen-bond donors (Lipinski definition) is 1. The van der Waals surface area contributed by atoms with E-state index in [0.717, 1.165) is 12.1 Å². The van der Waals surface area contributed by atoms with Crippen LogP contribution in [0.1, 0.15) is 37.4 Å². The summed E-state index contributed by atoms with van der Waals surface area (Å²) < 4.78 is 0. The molecule has 0 saturated heterocycles. The maximum absolute atomic E-state index is 5.76. The third-order valence-electron chi connectivity index (χ3n) is 2.45. The first kappa shape index (κ1) is 11.2. The van der Waals surface area contributed by atoms with E-state index in [-0.39, 0.29) is 0 Å². The van der Waals surface area contributed by atoms with E-state index in [1.165, 1.54) is 5.56 Å². The Morgan fingerprint density at radius 2 is 2.07 bits per heavy atom. The number of aryl methyl sites for hydroxylation is 1. The topological polar surface area (TPSA) is 38.9 Å². The molecule has 2 heteroatoms. The molecule has 0 saturated carbocycles. The van der Waals surface area contributed by atoms with Crippen LogP contribution in [-0.4, -0.2) is 11.5 Å². The highest BCUT2D eigenvalue weighted by atomic mass is 14.7. The summed E-state index contributed by atoms with van der Waals surface area (Å²) in [7, 11) is 0. The number of nitrogens with zero attached hydrogens (tertiary/aromatic N) is 1. The summed E-state index contributed by atoms with van der Waals surface area (Å²) >= 11 is 0. The van der Waals surface area contributed by atoms with Crippen molar-refractivity contribution >= 4 is 0 Å². The Kier molecular flexibility index (Phi) is 4.08. The normalized spacial score (nSPS) is 13.2. The van der Waals surface area contributed by atoms with Gasteiger partial charge in [0, 0.05) is 11.9 Å². The molecule has 0 aliphatic carbocycles. The zero-order chi connectivity index (χ0) is 10.6. The van der Waals surface area contributed by atoms with Gasteiger partial charge in [-0.1, -0.05) is 19.9 Å². The summed E-state index contributed by atoms with van der Waals surface area (Å²) in [6, 6.07) is 4.20. The van der Waals surface area contributed by atoms with Gasteiger partial charge in [0.25, 0.3) is 0 Å². The molecule has 0 aliphatic heterocycles. The summed E-state index contributed by atoms with van der Waals surface area (Å²) in [6.45, 7) is 7.17. The lowest BCUT2D eigenvalue weighted by atomic mass is 9.91. The van der Waals surface area contributed by atoms with Crippen molar-refractivity contribution in [3.05, 3.63) is 29.6 Å². The summed E-state index contributed by atoms with van der Waals surface area (Å²) in [5.74, 6) is 1.15. The highest BCUT2D eigenvalue weighted by Crippen LogP contribution is 2.21. The Hall–Kier alpha value is -0.890. The van der Waals surface area contributed by atoms with E-state index in [2.05, 4.69) is 31.0 Å². The SMILES string of the molecule is Cc1ccc([C@@H](CN)CC(C)C)cn1. The molecular weight excluding hydrogens is 172 g/mol. The Labute approximate surface area is 86.5 Å². The molecular formula is C12H20N2. The molecule has 0 spiro atoms. The molecule has 78 valence electrons. The van der Waals surface area contributed by atoms with Crippen LogP contribution >= 0.6 is 0 Å². The molecule has 0 fully saturated rings. The van der Waals surface area contributed by atoms with Crippen molar-refractivity contribution in [2.75, 3.05) is 6.54 Å². The van der Waals surface area contributed by atoms with E-state index in [1.54, 1.807) is 0 Å². The number of rotatable bonds is 4. The van der Waals surface area contributed by atoms with E-state index < -0.39 is 0 Å². The summed E-state index contributed by atoms with van der Waals surface area (Å²) in [5, 5.41) is 0. The minimum atomic E-state index is 0.461. The van der Waals surface area contributed by atoms with Crippen molar-refractivity contribution in [2.24, 2.45) is 11.7 Å². The quantitative estimate of drug-likeness (QED) is 0.796. The van der Waals surface area contributed by atoms with E-state index >= 15 is 0 Å². The van der Waals surface area contributed by atoms with Crippen molar-refractivity contribution < 1.29 is 0 Å². The largest absolute Gasteiger partial charge is 0.330 e. The van der Waals surface area contributed by atoms with Crippen LogP contribution in [0.2, 0.25) is 0 Å². The molecule has 1 heterocycles. The van der Waals surface area contributed by atoms with Crippen LogP contribution < -0.4 is 5.73 Å². The van der Waals surface area contributed by atoms with Crippen LogP contribution in [0, 0.1) is 12.8 Å². The smallest absolute Gasteiger partial charge is 0.0372 e. The molecule has 0 unspecified atom stereocenters. The predicted molar refractivity (Wildman–Crippen MR) is 60.2 cm³/mol. The lowest BCUT2D eigenvalue weighted by Gasteiger charge is -2.17. The maximum atomic E-state index is 5.76. The Morgan fingerprint density at radius 3 is 2.50 bits per heavy atom. The second-order valence-corrected chi connectivity index (χ2v) is 4.30. The van der Waals surface area contributed by atoms with Crippen LogP contribution in [-0.2, 0) is 0 Å². The first-order chi connectivity index (χ1) is 6.63. The molecule has 0 aliphatic rings. The molecule has 1 aromatic heterocycles. The molecule has 0 bridgehead atoms. The minimum absolute atomic E-state index is 0.461. The van der Waals surface area contributed by atoms with E-state index in [4.69, 9.17) is 5.73 Å². The van der Waals surface area contributed by atoms with E-state index in [0.29, 0.717) is 18.4 Å². The number of nitrogens with two attached hydrogens (primary N) is 1. The van der Waals surface area contributed by atoms with Crippen LogP contribution in [0.25, 0.3) is 0 Å². The van der Waals surface area contributed by atoms with Gasteiger partial charge in [0.15, 0.2) is 0 Å². The van der Waals surface area contributed by atoms with Gasteiger partial charge >= 0.3 is 0 Å². The van der Waals surface area contributed by atoms with E-state index in [1.807, 2.05) is 13.1 Å². The second-order valence-electron chi connectivity index (χ2n) is 4.30. The fourth-order valence-corrected chi connectivity index (χ4v) is 1.66. The monoisotopic (exact) mass is 192 g/mol. The zero-order valence-corrected chi connectivity index (χ0v) is 9.33. The van der Waals surface area contributed by atoms with Crippen LogP contribution in [0.5, 0.6) is 0 Å². The van der Waals surface area contributed by atoms with E-state index in [9.17, 15) is 0 Å². The predicted octanol–water partition coefficient (Wildman–Crippen LogP) is 2.48. The third-order valence-corrected chi connectivity index (χ3v) is 2.45. The van der Waals surface area contributed by atoms with Gasteiger partial charge in [0.1, 0.15) is 0 Å². The van der Waals surface area contributed by atoms with Gasteiger partial charge in [-0.15, -0.1) is 0 Å². The van der Waals surface area contributed by atoms with Crippen LogP contribution in [0.4, 0.5) is 0 Å². The molecule has 1 aromatic rings. The molecule has 0 amide bonds. The molecule has 1 rings (SSSR count). The van der Waals surface area contributed by atoms with Gasteiger partial charge in [-0.3, -0.25) is 4.98 Å². The first-order valence-electron chi connectivity index (χ1n) is 5.26. The molecule has 1 atom stereocenters. The lowest BCUT2D eigenvalue weighted by molar-refractivity contribution is 0.503.